The summed E-state index contributed by atoms with van der Waals surface area (Å²) in [6.45, 7) is 4.50. The zero-order valence-corrected chi connectivity index (χ0v) is 19.6. The minimum atomic E-state index is -3.86. The van der Waals surface area contributed by atoms with E-state index in [1.165, 1.54) is 22.5 Å². The molecule has 2 atom stereocenters. The average Bonchev–Trinajstić information content (AvgIpc) is 3.14. The molecule has 1 amide bonds. The van der Waals surface area contributed by atoms with Crippen molar-refractivity contribution in [3.05, 3.63) is 64.0 Å². The van der Waals surface area contributed by atoms with Crippen molar-refractivity contribution < 1.29 is 17.9 Å². The van der Waals surface area contributed by atoms with E-state index < -0.39 is 10.0 Å². The van der Waals surface area contributed by atoms with Crippen LogP contribution in [-0.4, -0.2) is 43.9 Å². The number of nitrogens with zero attached hydrogens (tertiary/aromatic N) is 1. The first-order chi connectivity index (χ1) is 14.8. The van der Waals surface area contributed by atoms with E-state index in [0.29, 0.717) is 6.54 Å². The molecule has 1 saturated heterocycles. The van der Waals surface area contributed by atoms with E-state index in [0.717, 1.165) is 15.6 Å². The second kappa shape index (κ2) is 8.88. The van der Waals surface area contributed by atoms with E-state index in [-0.39, 0.29) is 46.7 Å². The molecule has 9 heteroatoms. The van der Waals surface area contributed by atoms with Crippen LogP contribution >= 0.6 is 22.9 Å². The molecule has 6 nitrogen and oxygen atoms in total. The lowest BCUT2D eigenvalue weighted by atomic mass is 10.1. The van der Waals surface area contributed by atoms with Crippen molar-refractivity contribution in [3.63, 3.8) is 0 Å². The third kappa shape index (κ3) is 4.63. The normalized spacial score (nSPS) is 20.1. The number of benzene rings is 2. The molecule has 0 spiro atoms. The highest BCUT2D eigenvalue weighted by Crippen LogP contribution is 2.29. The summed E-state index contributed by atoms with van der Waals surface area (Å²) in [5.41, 5.74) is 1.27. The van der Waals surface area contributed by atoms with E-state index in [1.807, 2.05) is 43.5 Å². The van der Waals surface area contributed by atoms with Crippen LogP contribution in [-0.2, 0) is 21.3 Å². The molecule has 4 rings (SSSR count). The van der Waals surface area contributed by atoms with Gasteiger partial charge in [0.25, 0.3) is 5.91 Å². The number of thiophene rings is 1. The monoisotopic (exact) mass is 478 g/mol. The second-order valence-electron chi connectivity index (χ2n) is 7.66. The van der Waals surface area contributed by atoms with Gasteiger partial charge in [-0.15, -0.1) is 11.3 Å². The number of carbonyl (C=O) groups excluding carboxylic acids is 1. The Hall–Kier alpha value is -1.97. The molecule has 2 heterocycles. The molecule has 31 heavy (non-hydrogen) atoms. The van der Waals surface area contributed by atoms with Crippen molar-refractivity contribution in [1.29, 1.82) is 0 Å². The standard InChI is InChI=1S/C22H23ClN2O4S2/c1-14-11-25(12-15(2)29-14)31(27,28)21-9-16(7-8-19(21)23)22(26)24-10-17-13-30-20-6-4-3-5-18(17)20/h3-9,13-15H,10-12H2,1-2H3,(H,24,26). The van der Waals surface area contributed by atoms with Gasteiger partial charge in [-0.2, -0.15) is 4.31 Å². The van der Waals surface area contributed by atoms with Crippen LogP contribution in [0.5, 0.6) is 0 Å². The Balaban J connectivity index is 1.55. The smallest absolute Gasteiger partial charge is 0.251 e. The molecule has 1 fully saturated rings. The number of halogens is 1. The van der Waals surface area contributed by atoms with Gasteiger partial charge >= 0.3 is 0 Å². The van der Waals surface area contributed by atoms with Gasteiger partial charge in [-0.3, -0.25) is 4.79 Å². The fraction of sp³-hybridized carbons (Fsp3) is 0.318. The molecule has 1 aliphatic rings. The Morgan fingerprint density at radius 3 is 2.65 bits per heavy atom. The predicted molar refractivity (Wildman–Crippen MR) is 123 cm³/mol. The van der Waals surface area contributed by atoms with Crippen molar-refractivity contribution in [3.8, 4) is 0 Å². The third-order valence-corrected chi connectivity index (χ3v) is 8.52. The summed E-state index contributed by atoms with van der Waals surface area (Å²) in [5, 5.41) is 6.09. The second-order valence-corrected chi connectivity index (χ2v) is 10.9. The van der Waals surface area contributed by atoms with Gasteiger partial charge in [-0.25, -0.2) is 8.42 Å². The van der Waals surface area contributed by atoms with Crippen LogP contribution in [0.15, 0.2) is 52.7 Å². The minimum absolute atomic E-state index is 0.0656. The lowest BCUT2D eigenvalue weighted by Gasteiger charge is -2.34. The molecule has 164 valence electrons. The summed E-state index contributed by atoms with van der Waals surface area (Å²) in [6.07, 6.45) is -0.437. The summed E-state index contributed by atoms with van der Waals surface area (Å²) in [7, 11) is -3.86. The quantitative estimate of drug-likeness (QED) is 0.593. The molecule has 0 saturated carbocycles. The number of morpholine rings is 1. The summed E-state index contributed by atoms with van der Waals surface area (Å²) >= 11 is 7.86. The summed E-state index contributed by atoms with van der Waals surface area (Å²) in [4.78, 5) is 12.7. The number of carbonyl (C=O) groups is 1. The van der Waals surface area contributed by atoms with Gasteiger partial charge in [0.2, 0.25) is 10.0 Å². The first kappa shape index (κ1) is 22.2. The Kier molecular flexibility index (Phi) is 6.37. The van der Waals surface area contributed by atoms with E-state index in [4.69, 9.17) is 16.3 Å². The van der Waals surface area contributed by atoms with Crippen LogP contribution in [0.25, 0.3) is 10.1 Å². The Morgan fingerprint density at radius 1 is 1.19 bits per heavy atom. The van der Waals surface area contributed by atoms with Crippen molar-refractivity contribution in [1.82, 2.24) is 9.62 Å². The fourth-order valence-electron chi connectivity index (χ4n) is 3.76. The summed E-state index contributed by atoms with van der Waals surface area (Å²) < 4.78 is 34.6. The van der Waals surface area contributed by atoms with Crippen LogP contribution in [0.1, 0.15) is 29.8 Å². The zero-order chi connectivity index (χ0) is 22.2. The third-order valence-electron chi connectivity index (χ3n) is 5.20. The maximum absolute atomic E-state index is 13.2. The predicted octanol–water partition coefficient (Wildman–Crippen LogP) is 4.28. The molecule has 0 radical (unpaired) electrons. The van der Waals surface area contributed by atoms with Gasteiger partial charge in [0.05, 0.1) is 17.2 Å². The summed E-state index contributed by atoms with van der Waals surface area (Å²) in [5.74, 6) is -0.355. The molecular formula is C22H23ClN2O4S2. The van der Waals surface area contributed by atoms with Gasteiger partial charge < -0.3 is 10.1 Å². The zero-order valence-electron chi connectivity index (χ0n) is 17.2. The number of ether oxygens (including phenoxy) is 1. The molecule has 1 N–H and O–H groups in total. The number of rotatable bonds is 5. The molecule has 2 unspecified atom stereocenters. The van der Waals surface area contributed by atoms with Crippen LogP contribution in [0, 0.1) is 0 Å². The first-order valence-electron chi connectivity index (χ1n) is 9.94. The fourth-order valence-corrected chi connectivity index (χ4v) is 6.81. The molecular weight excluding hydrogens is 456 g/mol. The number of amides is 1. The van der Waals surface area contributed by atoms with Crippen molar-refractivity contribution in [2.45, 2.75) is 37.5 Å². The first-order valence-corrected chi connectivity index (χ1v) is 12.6. The SMILES string of the molecule is CC1CN(S(=O)(=O)c2cc(C(=O)NCc3csc4ccccc34)ccc2Cl)CC(C)O1. The molecule has 1 aromatic heterocycles. The Morgan fingerprint density at radius 2 is 1.90 bits per heavy atom. The van der Waals surface area contributed by atoms with Crippen LogP contribution in [0.2, 0.25) is 5.02 Å². The lowest BCUT2D eigenvalue weighted by molar-refractivity contribution is -0.0440. The maximum Gasteiger partial charge on any atom is 0.251 e. The Bertz CT molecular complexity index is 1220. The number of sulfonamides is 1. The maximum atomic E-state index is 13.2. The van der Waals surface area contributed by atoms with Gasteiger partial charge in [-0.1, -0.05) is 29.8 Å². The minimum Gasteiger partial charge on any atom is -0.373 e. The number of fused-ring (bicyclic) bond motifs is 1. The molecule has 1 aliphatic heterocycles. The molecule has 0 bridgehead atoms. The highest BCUT2D eigenvalue weighted by atomic mass is 35.5. The lowest BCUT2D eigenvalue weighted by Crippen LogP contribution is -2.48. The molecule has 0 aliphatic carbocycles. The van der Waals surface area contributed by atoms with Gasteiger partial charge in [0.1, 0.15) is 4.90 Å². The topological polar surface area (TPSA) is 75.7 Å². The van der Waals surface area contributed by atoms with Gasteiger partial charge in [-0.05, 0) is 54.4 Å². The molecule has 3 aromatic rings. The van der Waals surface area contributed by atoms with Crippen molar-refractivity contribution in [2.24, 2.45) is 0 Å². The van der Waals surface area contributed by atoms with E-state index in [2.05, 4.69) is 5.32 Å². The Labute approximate surface area is 190 Å². The van der Waals surface area contributed by atoms with E-state index in [1.54, 1.807) is 11.3 Å². The van der Waals surface area contributed by atoms with E-state index in [9.17, 15) is 13.2 Å². The number of hydrogen-bond acceptors (Lipinski definition) is 5. The van der Waals surface area contributed by atoms with Crippen LogP contribution in [0.3, 0.4) is 0 Å². The highest BCUT2D eigenvalue weighted by molar-refractivity contribution is 7.89. The summed E-state index contributed by atoms with van der Waals surface area (Å²) in [6, 6.07) is 12.3. The van der Waals surface area contributed by atoms with Crippen molar-refractivity contribution in [2.75, 3.05) is 13.1 Å². The number of hydrogen-bond donors (Lipinski definition) is 1. The molecule has 2 aromatic carbocycles. The van der Waals surface area contributed by atoms with Gasteiger partial charge in [0.15, 0.2) is 0 Å². The van der Waals surface area contributed by atoms with Crippen LogP contribution < -0.4 is 5.32 Å². The van der Waals surface area contributed by atoms with Gasteiger partial charge in [0, 0.05) is 29.9 Å². The number of nitrogens with one attached hydrogen (secondary N) is 1. The van der Waals surface area contributed by atoms with Crippen LogP contribution in [0.4, 0.5) is 0 Å². The average molecular weight is 479 g/mol. The van der Waals surface area contributed by atoms with Crippen molar-refractivity contribution >= 4 is 49.0 Å². The largest absolute Gasteiger partial charge is 0.373 e. The van der Waals surface area contributed by atoms with E-state index >= 15 is 0 Å². The highest BCUT2D eigenvalue weighted by Gasteiger charge is 2.33.